The van der Waals surface area contributed by atoms with E-state index in [4.69, 9.17) is 0 Å². The Morgan fingerprint density at radius 2 is 0.750 bits per heavy atom. The monoisotopic (exact) mass is 184 g/mol. The van der Waals surface area contributed by atoms with E-state index in [1.165, 1.54) is 13.8 Å². The highest BCUT2D eigenvalue weighted by molar-refractivity contribution is 4.95. The molecule has 4 unspecified atom stereocenters. The third kappa shape index (κ3) is 1.31. The molecule has 1 fully saturated rings. The van der Waals surface area contributed by atoms with Crippen LogP contribution in [0.2, 0.25) is 0 Å². The number of hydrogen-bond acceptors (Lipinski definition) is 0. The molecule has 0 aromatic heterocycles. The van der Waals surface area contributed by atoms with Gasteiger partial charge in [-0.3, -0.25) is 0 Å². The van der Waals surface area contributed by atoms with E-state index >= 15 is 0 Å². The SMILES string of the molecule is CC1C(F)C(F)C(C)C(F)C1F. The molecule has 0 saturated heterocycles. The van der Waals surface area contributed by atoms with E-state index in [-0.39, 0.29) is 0 Å². The first kappa shape index (κ1) is 9.81. The summed E-state index contributed by atoms with van der Waals surface area (Å²) < 4.78 is 51.5. The number of hydrogen-bond donors (Lipinski definition) is 0. The molecule has 0 N–H and O–H groups in total. The lowest BCUT2D eigenvalue weighted by molar-refractivity contribution is -0.0660. The molecule has 0 radical (unpaired) electrons. The normalized spacial score (nSPS) is 55.5. The molecule has 1 aliphatic rings. The van der Waals surface area contributed by atoms with Crippen LogP contribution in [0.5, 0.6) is 0 Å². The van der Waals surface area contributed by atoms with Crippen LogP contribution in [0.3, 0.4) is 0 Å². The van der Waals surface area contributed by atoms with Gasteiger partial charge in [0.1, 0.15) is 24.7 Å². The van der Waals surface area contributed by atoms with Gasteiger partial charge in [-0.2, -0.15) is 0 Å². The fraction of sp³-hybridized carbons (Fsp3) is 1.00. The summed E-state index contributed by atoms with van der Waals surface area (Å²) in [4.78, 5) is 0. The number of alkyl halides is 4. The zero-order valence-electron chi connectivity index (χ0n) is 6.98. The third-order valence-corrected chi connectivity index (χ3v) is 2.62. The fourth-order valence-corrected chi connectivity index (χ4v) is 1.51. The van der Waals surface area contributed by atoms with Crippen LogP contribution in [0.25, 0.3) is 0 Å². The summed E-state index contributed by atoms with van der Waals surface area (Å²) in [6, 6.07) is 0. The van der Waals surface area contributed by atoms with E-state index < -0.39 is 36.5 Å². The standard InChI is InChI=1S/C8H12F4/c1-3-5(9)7(11)4(2)8(12)6(3)10/h3-8H,1-2H3. The van der Waals surface area contributed by atoms with E-state index in [1.54, 1.807) is 0 Å². The van der Waals surface area contributed by atoms with E-state index in [9.17, 15) is 17.6 Å². The van der Waals surface area contributed by atoms with Crippen LogP contribution in [-0.2, 0) is 0 Å². The van der Waals surface area contributed by atoms with Crippen LogP contribution in [0.15, 0.2) is 0 Å². The minimum atomic E-state index is -1.87. The Morgan fingerprint density at radius 3 is 0.917 bits per heavy atom. The summed E-state index contributed by atoms with van der Waals surface area (Å²) in [7, 11) is 0. The second-order valence-corrected chi connectivity index (χ2v) is 3.50. The molecule has 4 heteroatoms. The lowest BCUT2D eigenvalue weighted by atomic mass is 9.78. The quantitative estimate of drug-likeness (QED) is 0.507. The Morgan fingerprint density at radius 1 is 0.583 bits per heavy atom. The van der Waals surface area contributed by atoms with Crippen LogP contribution in [-0.4, -0.2) is 24.7 Å². The van der Waals surface area contributed by atoms with Crippen molar-refractivity contribution >= 4 is 0 Å². The Hall–Kier alpha value is -0.280. The zero-order valence-corrected chi connectivity index (χ0v) is 6.98. The van der Waals surface area contributed by atoms with Gasteiger partial charge < -0.3 is 0 Å². The van der Waals surface area contributed by atoms with Crippen molar-refractivity contribution in [1.29, 1.82) is 0 Å². The Bertz CT molecular complexity index is 103. The average Bonchev–Trinajstić information content (AvgIpc) is 2.08. The van der Waals surface area contributed by atoms with Gasteiger partial charge in [-0.1, -0.05) is 13.8 Å². The van der Waals surface area contributed by atoms with Crippen LogP contribution in [0, 0.1) is 11.8 Å². The van der Waals surface area contributed by atoms with Crippen LogP contribution in [0.4, 0.5) is 17.6 Å². The van der Waals surface area contributed by atoms with Crippen molar-refractivity contribution in [1.82, 2.24) is 0 Å². The lowest BCUT2D eigenvalue weighted by Gasteiger charge is -2.36. The maximum atomic E-state index is 12.9. The largest absolute Gasteiger partial charge is 0.244 e. The summed E-state index contributed by atoms with van der Waals surface area (Å²) >= 11 is 0. The highest BCUT2D eigenvalue weighted by Crippen LogP contribution is 2.37. The zero-order chi connectivity index (χ0) is 9.46. The minimum Gasteiger partial charge on any atom is -0.244 e. The first-order valence-corrected chi connectivity index (χ1v) is 4.03. The van der Waals surface area contributed by atoms with E-state index in [0.717, 1.165) is 0 Å². The molecule has 0 amide bonds. The molecule has 0 nitrogen and oxygen atoms in total. The summed E-state index contributed by atoms with van der Waals surface area (Å²) in [6.45, 7) is 2.39. The van der Waals surface area contributed by atoms with E-state index in [2.05, 4.69) is 0 Å². The molecule has 72 valence electrons. The third-order valence-electron chi connectivity index (χ3n) is 2.62. The first-order chi connectivity index (χ1) is 5.46. The van der Waals surface area contributed by atoms with Gasteiger partial charge >= 0.3 is 0 Å². The van der Waals surface area contributed by atoms with Crippen molar-refractivity contribution < 1.29 is 17.6 Å². The molecular formula is C8H12F4. The molecule has 0 heterocycles. The molecule has 0 spiro atoms. The summed E-state index contributed by atoms with van der Waals surface area (Å²) in [6.07, 6.45) is -7.49. The van der Waals surface area contributed by atoms with Gasteiger partial charge in [0.15, 0.2) is 0 Å². The second kappa shape index (κ2) is 3.23. The van der Waals surface area contributed by atoms with Crippen molar-refractivity contribution in [2.45, 2.75) is 38.5 Å². The Labute approximate surface area is 69.0 Å². The summed E-state index contributed by atoms with van der Waals surface area (Å²) in [5.41, 5.74) is 0. The van der Waals surface area contributed by atoms with Crippen molar-refractivity contribution in [3.63, 3.8) is 0 Å². The molecule has 4 atom stereocenters. The van der Waals surface area contributed by atoms with Gasteiger partial charge in [-0.05, 0) is 0 Å². The molecule has 0 bridgehead atoms. The van der Waals surface area contributed by atoms with Gasteiger partial charge in [-0.25, -0.2) is 17.6 Å². The highest BCUT2D eigenvalue weighted by atomic mass is 19.2. The maximum Gasteiger partial charge on any atom is 0.137 e. The summed E-state index contributed by atoms with van der Waals surface area (Å²) in [5, 5.41) is 0. The van der Waals surface area contributed by atoms with Crippen molar-refractivity contribution in [2.75, 3.05) is 0 Å². The van der Waals surface area contributed by atoms with Crippen LogP contribution in [0.1, 0.15) is 13.8 Å². The van der Waals surface area contributed by atoms with E-state index in [1.807, 2.05) is 0 Å². The van der Waals surface area contributed by atoms with Crippen molar-refractivity contribution in [3.8, 4) is 0 Å². The van der Waals surface area contributed by atoms with Crippen LogP contribution < -0.4 is 0 Å². The molecule has 1 rings (SSSR count). The van der Waals surface area contributed by atoms with Crippen molar-refractivity contribution in [2.24, 2.45) is 11.8 Å². The number of halogens is 4. The van der Waals surface area contributed by atoms with Gasteiger partial charge in [0.2, 0.25) is 0 Å². The average molecular weight is 184 g/mol. The predicted octanol–water partition coefficient (Wildman–Crippen LogP) is 2.62. The fourth-order valence-electron chi connectivity index (χ4n) is 1.51. The molecule has 1 aliphatic carbocycles. The minimum absolute atomic E-state index is 1.17. The molecule has 12 heavy (non-hydrogen) atoms. The first-order valence-electron chi connectivity index (χ1n) is 4.03. The van der Waals surface area contributed by atoms with E-state index in [0.29, 0.717) is 0 Å². The smallest absolute Gasteiger partial charge is 0.137 e. The van der Waals surface area contributed by atoms with Gasteiger partial charge in [-0.15, -0.1) is 0 Å². The number of rotatable bonds is 0. The Kier molecular flexibility index (Phi) is 2.64. The topological polar surface area (TPSA) is 0 Å². The summed E-state index contributed by atoms with van der Waals surface area (Å²) in [5.74, 6) is -2.35. The van der Waals surface area contributed by atoms with Gasteiger partial charge in [0.05, 0.1) is 0 Å². The molecule has 0 aromatic rings. The lowest BCUT2D eigenvalue weighted by Crippen LogP contribution is -2.49. The molecular weight excluding hydrogens is 172 g/mol. The maximum absolute atomic E-state index is 12.9. The van der Waals surface area contributed by atoms with Crippen molar-refractivity contribution in [3.05, 3.63) is 0 Å². The van der Waals surface area contributed by atoms with Gasteiger partial charge in [0.25, 0.3) is 0 Å². The highest BCUT2D eigenvalue weighted by Gasteiger charge is 2.48. The van der Waals surface area contributed by atoms with Crippen LogP contribution >= 0.6 is 0 Å². The molecule has 0 aromatic carbocycles. The Balaban J connectivity index is 2.76. The van der Waals surface area contributed by atoms with Gasteiger partial charge in [0, 0.05) is 11.8 Å². The predicted molar refractivity (Wildman–Crippen MR) is 37.9 cm³/mol. The molecule has 1 saturated carbocycles. The second-order valence-electron chi connectivity index (χ2n) is 3.50. The molecule has 0 aliphatic heterocycles.